The molecule has 1 aliphatic heterocycles. The minimum absolute atomic E-state index is 0.0122. The van der Waals surface area contributed by atoms with Crippen LogP contribution in [0.5, 0.6) is 0 Å². The van der Waals surface area contributed by atoms with Gasteiger partial charge in [-0.2, -0.15) is 0 Å². The van der Waals surface area contributed by atoms with E-state index in [2.05, 4.69) is 20.8 Å². The smallest absolute Gasteiger partial charge is 0.233 e. The summed E-state index contributed by atoms with van der Waals surface area (Å²) in [4.78, 5) is 25.8. The molecule has 98 valence electrons. The summed E-state index contributed by atoms with van der Waals surface area (Å²) in [7, 11) is 1.61. The van der Waals surface area contributed by atoms with Crippen LogP contribution in [0.4, 0.5) is 0 Å². The molecular weight excluding hydrogens is 214 g/mol. The standard InChI is InChI=1S/C14H25NO2/c1-8-14(5,6)10-9(13(2,3)4)11(16)15(7)12(10)17/h9-10H,8H2,1-7H3. The summed E-state index contributed by atoms with van der Waals surface area (Å²) >= 11 is 0. The highest BCUT2D eigenvalue weighted by molar-refractivity contribution is 6.05. The summed E-state index contributed by atoms with van der Waals surface area (Å²) in [5, 5.41) is 0. The van der Waals surface area contributed by atoms with Gasteiger partial charge in [0, 0.05) is 7.05 Å². The van der Waals surface area contributed by atoms with Crippen molar-refractivity contribution in [1.82, 2.24) is 4.90 Å². The zero-order chi connectivity index (χ0) is 13.6. The SMILES string of the molecule is CCC(C)(C)C1C(=O)N(C)C(=O)C1C(C)(C)C. The molecule has 1 rings (SSSR count). The van der Waals surface area contributed by atoms with Crippen molar-refractivity contribution in [3.63, 3.8) is 0 Å². The first-order chi connectivity index (χ1) is 7.54. The third kappa shape index (κ3) is 2.24. The average Bonchev–Trinajstić information content (AvgIpc) is 2.42. The second kappa shape index (κ2) is 4.11. The number of hydrogen-bond donors (Lipinski definition) is 0. The van der Waals surface area contributed by atoms with Crippen LogP contribution < -0.4 is 0 Å². The molecule has 1 fully saturated rings. The van der Waals surface area contributed by atoms with Crippen LogP contribution in [0.1, 0.15) is 48.0 Å². The first-order valence-corrected chi connectivity index (χ1v) is 6.35. The van der Waals surface area contributed by atoms with Gasteiger partial charge in [0.2, 0.25) is 11.8 Å². The monoisotopic (exact) mass is 239 g/mol. The van der Waals surface area contributed by atoms with Gasteiger partial charge in [-0.05, 0) is 10.8 Å². The van der Waals surface area contributed by atoms with Gasteiger partial charge < -0.3 is 0 Å². The Kier molecular flexibility index (Phi) is 3.43. The Morgan fingerprint density at radius 3 is 1.76 bits per heavy atom. The van der Waals surface area contributed by atoms with Gasteiger partial charge in [0.15, 0.2) is 0 Å². The highest BCUT2D eigenvalue weighted by Gasteiger charge is 2.55. The second-order valence-corrected chi connectivity index (χ2v) is 6.90. The number of imide groups is 1. The molecule has 0 N–H and O–H groups in total. The summed E-state index contributed by atoms with van der Waals surface area (Å²) < 4.78 is 0. The molecule has 0 spiro atoms. The van der Waals surface area contributed by atoms with Crippen LogP contribution in [-0.4, -0.2) is 23.8 Å². The average molecular weight is 239 g/mol. The fourth-order valence-electron chi connectivity index (χ4n) is 2.69. The molecule has 0 aliphatic carbocycles. The maximum atomic E-state index is 12.3. The van der Waals surface area contributed by atoms with Crippen molar-refractivity contribution in [2.24, 2.45) is 22.7 Å². The molecule has 1 heterocycles. The second-order valence-electron chi connectivity index (χ2n) is 6.90. The molecule has 0 radical (unpaired) electrons. The van der Waals surface area contributed by atoms with Crippen LogP contribution >= 0.6 is 0 Å². The van der Waals surface area contributed by atoms with E-state index < -0.39 is 0 Å². The Bertz CT molecular complexity index is 339. The van der Waals surface area contributed by atoms with Gasteiger partial charge >= 0.3 is 0 Å². The first-order valence-electron chi connectivity index (χ1n) is 6.35. The van der Waals surface area contributed by atoms with Crippen molar-refractivity contribution in [1.29, 1.82) is 0 Å². The maximum absolute atomic E-state index is 12.3. The van der Waals surface area contributed by atoms with Crippen molar-refractivity contribution in [3.8, 4) is 0 Å². The Labute approximate surface area is 105 Å². The largest absolute Gasteiger partial charge is 0.285 e. The Morgan fingerprint density at radius 1 is 1.00 bits per heavy atom. The van der Waals surface area contributed by atoms with Crippen LogP contribution in [0.15, 0.2) is 0 Å². The van der Waals surface area contributed by atoms with Crippen molar-refractivity contribution < 1.29 is 9.59 Å². The quantitative estimate of drug-likeness (QED) is 0.695. The lowest BCUT2D eigenvalue weighted by molar-refractivity contribution is -0.139. The van der Waals surface area contributed by atoms with Gasteiger partial charge in [0.05, 0.1) is 11.8 Å². The molecule has 2 amide bonds. The number of hydrogen-bond acceptors (Lipinski definition) is 2. The summed E-state index contributed by atoms with van der Waals surface area (Å²) in [6.45, 7) is 12.4. The van der Waals surface area contributed by atoms with E-state index >= 15 is 0 Å². The van der Waals surface area contributed by atoms with Crippen molar-refractivity contribution in [2.45, 2.75) is 48.0 Å². The third-order valence-corrected chi connectivity index (χ3v) is 4.21. The van der Waals surface area contributed by atoms with Crippen LogP contribution in [0.25, 0.3) is 0 Å². The highest BCUT2D eigenvalue weighted by Crippen LogP contribution is 2.48. The molecule has 1 saturated heterocycles. The molecule has 3 nitrogen and oxygen atoms in total. The number of carbonyl (C=O) groups excluding carboxylic acids is 2. The zero-order valence-corrected chi connectivity index (χ0v) is 12.1. The van der Waals surface area contributed by atoms with E-state index in [0.29, 0.717) is 0 Å². The lowest BCUT2D eigenvalue weighted by Gasteiger charge is -2.37. The van der Waals surface area contributed by atoms with Crippen LogP contribution in [0, 0.1) is 22.7 Å². The zero-order valence-electron chi connectivity index (χ0n) is 12.1. The molecule has 0 aromatic rings. The van der Waals surface area contributed by atoms with Crippen molar-refractivity contribution in [2.75, 3.05) is 7.05 Å². The summed E-state index contributed by atoms with van der Waals surface area (Å²) in [5.41, 5.74) is -0.302. The molecule has 1 aliphatic rings. The minimum atomic E-state index is -0.199. The molecule has 2 atom stereocenters. The van der Waals surface area contributed by atoms with Gasteiger partial charge in [-0.3, -0.25) is 14.5 Å². The van der Waals surface area contributed by atoms with E-state index in [1.165, 1.54) is 4.90 Å². The molecule has 0 aromatic heterocycles. The number of amides is 2. The van der Waals surface area contributed by atoms with Gasteiger partial charge in [-0.1, -0.05) is 48.0 Å². The molecule has 0 aromatic carbocycles. The van der Waals surface area contributed by atoms with E-state index in [0.717, 1.165) is 6.42 Å². The molecule has 17 heavy (non-hydrogen) atoms. The minimum Gasteiger partial charge on any atom is -0.285 e. The Morgan fingerprint density at radius 2 is 1.41 bits per heavy atom. The van der Waals surface area contributed by atoms with E-state index in [9.17, 15) is 9.59 Å². The van der Waals surface area contributed by atoms with Gasteiger partial charge in [0.1, 0.15) is 0 Å². The summed E-state index contributed by atoms with van der Waals surface area (Å²) in [6, 6.07) is 0. The summed E-state index contributed by atoms with van der Waals surface area (Å²) in [6.07, 6.45) is 0.900. The number of rotatable bonds is 2. The number of nitrogens with zero attached hydrogens (tertiary/aromatic N) is 1. The lowest BCUT2D eigenvalue weighted by Crippen LogP contribution is -2.39. The van der Waals surface area contributed by atoms with Gasteiger partial charge in [-0.15, -0.1) is 0 Å². The van der Waals surface area contributed by atoms with E-state index in [1.807, 2.05) is 20.8 Å². The van der Waals surface area contributed by atoms with Crippen LogP contribution in [-0.2, 0) is 9.59 Å². The molecule has 3 heteroatoms. The van der Waals surface area contributed by atoms with Crippen LogP contribution in [0.3, 0.4) is 0 Å². The number of carbonyl (C=O) groups is 2. The van der Waals surface area contributed by atoms with Gasteiger partial charge in [-0.25, -0.2) is 0 Å². The normalized spacial score (nSPS) is 26.9. The van der Waals surface area contributed by atoms with E-state index in [-0.39, 0.29) is 34.5 Å². The Balaban J connectivity index is 3.25. The number of likely N-dealkylation sites (tertiary alicyclic amines) is 1. The molecule has 0 bridgehead atoms. The molecule has 0 saturated carbocycles. The van der Waals surface area contributed by atoms with E-state index in [1.54, 1.807) is 7.05 Å². The summed E-state index contributed by atoms with van der Waals surface area (Å²) in [5.74, 6) is -0.421. The maximum Gasteiger partial charge on any atom is 0.233 e. The van der Waals surface area contributed by atoms with Crippen molar-refractivity contribution >= 4 is 11.8 Å². The van der Waals surface area contributed by atoms with Gasteiger partial charge in [0.25, 0.3) is 0 Å². The molecule has 2 unspecified atom stereocenters. The van der Waals surface area contributed by atoms with E-state index in [4.69, 9.17) is 0 Å². The van der Waals surface area contributed by atoms with Crippen molar-refractivity contribution in [3.05, 3.63) is 0 Å². The van der Waals surface area contributed by atoms with Crippen LogP contribution in [0.2, 0.25) is 0 Å². The highest BCUT2D eigenvalue weighted by atomic mass is 16.2. The fourth-order valence-corrected chi connectivity index (χ4v) is 2.69. The third-order valence-electron chi connectivity index (χ3n) is 4.21. The fraction of sp³-hybridized carbons (Fsp3) is 0.857. The topological polar surface area (TPSA) is 37.4 Å². The predicted molar refractivity (Wildman–Crippen MR) is 68.3 cm³/mol. The Hall–Kier alpha value is -0.860. The molecular formula is C14H25NO2. The predicted octanol–water partition coefficient (Wildman–Crippen LogP) is 2.70. The first kappa shape index (κ1) is 14.2. The lowest BCUT2D eigenvalue weighted by atomic mass is 9.64.